The summed E-state index contributed by atoms with van der Waals surface area (Å²) in [6.45, 7) is 1.99. The van der Waals surface area contributed by atoms with Gasteiger partial charge >= 0.3 is 0 Å². The minimum atomic E-state index is -0.552. The number of thiophene rings is 1. The first-order valence-electron chi connectivity index (χ1n) is 5.44. The van der Waals surface area contributed by atoms with Gasteiger partial charge in [-0.1, -0.05) is 23.7 Å². The van der Waals surface area contributed by atoms with E-state index in [2.05, 4.69) is 5.32 Å². The summed E-state index contributed by atoms with van der Waals surface area (Å²) < 4.78 is 0. The van der Waals surface area contributed by atoms with Crippen LogP contribution in [0.5, 0.6) is 0 Å². The van der Waals surface area contributed by atoms with Crippen LogP contribution in [0.4, 0.5) is 5.69 Å². The Balaban J connectivity index is 2.28. The fourth-order valence-electron chi connectivity index (χ4n) is 1.62. The van der Waals surface area contributed by atoms with E-state index in [0.29, 0.717) is 10.7 Å². The maximum atomic E-state index is 11.5. The Morgan fingerprint density at radius 3 is 2.61 bits per heavy atom. The van der Waals surface area contributed by atoms with E-state index in [4.69, 9.17) is 17.3 Å². The number of aryl methyl sites for hydroxylation is 1. The van der Waals surface area contributed by atoms with Gasteiger partial charge in [-0.25, -0.2) is 0 Å². The maximum absolute atomic E-state index is 11.5. The molecule has 1 aromatic carbocycles. The molecular weight excluding hydrogens is 268 g/mol. The van der Waals surface area contributed by atoms with E-state index in [0.717, 1.165) is 9.75 Å². The summed E-state index contributed by atoms with van der Waals surface area (Å²) in [5.74, 6) is -0.420. The first-order valence-corrected chi connectivity index (χ1v) is 6.64. The van der Waals surface area contributed by atoms with Crippen molar-refractivity contribution in [1.82, 2.24) is 0 Å². The number of rotatable bonds is 4. The molecule has 3 N–H and O–H groups in total. The lowest BCUT2D eigenvalue weighted by molar-refractivity contribution is -0.118. The molecule has 0 saturated carbocycles. The van der Waals surface area contributed by atoms with Gasteiger partial charge in [0, 0.05) is 9.75 Å². The molecule has 94 valence electrons. The topological polar surface area (TPSA) is 55.1 Å². The van der Waals surface area contributed by atoms with Crippen LogP contribution in [0.15, 0.2) is 36.4 Å². The Kier molecular flexibility index (Phi) is 3.89. The van der Waals surface area contributed by atoms with Gasteiger partial charge in [0.25, 0.3) is 0 Å². The Morgan fingerprint density at radius 2 is 2.06 bits per heavy atom. The van der Waals surface area contributed by atoms with Crippen LogP contribution in [0.25, 0.3) is 0 Å². The third kappa shape index (κ3) is 2.83. The number of benzene rings is 1. The van der Waals surface area contributed by atoms with Crippen molar-refractivity contribution in [2.24, 2.45) is 5.73 Å². The molecule has 18 heavy (non-hydrogen) atoms. The summed E-state index contributed by atoms with van der Waals surface area (Å²) in [6, 6.07) is 10.6. The van der Waals surface area contributed by atoms with E-state index < -0.39 is 11.9 Å². The highest BCUT2D eigenvalue weighted by atomic mass is 35.5. The average molecular weight is 281 g/mol. The smallest absolute Gasteiger partial charge is 0.245 e. The first kappa shape index (κ1) is 12.9. The zero-order valence-electron chi connectivity index (χ0n) is 9.81. The van der Waals surface area contributed by atoms with Crippen molar-refractivity contribution in [3.63, 3.8) is 0 Å². The number of nitrogens with two attached hydrogens (primary N) is 1. The van der Waals surface area contributed by atoms with Crippen LogP contribution >= 0.6 is 22.9 Å². The van der Waals surface area contributed by atoms with Crippen LogP contribution in [0.1, 0.15) is 15.8 Å². The molecule has 0 fully saturated rings. The van der Waals surface area contributed by atoms with Gasteiger partial charge in [0.1, 0.15) is 6.04 Å². The molecule has 3 nitrogen and oxygen atoms in total. The third-order valence-electron chi connectivity index (χ3n) is 2.50. The molecule has 1 amide bonds. The van der Waals surface area contributed by atoms with Crippen LogP contribution in [0.3, 0.4) is 0 Å². The van der Waals surface area contributed by atoms with E-state index in [1.165, 1.54) is 0 Å². The maximum Gasteiger partial charge on any atom is 0.245 e. The molecule has 0 aliphatic rings. The first-order chi connectivity index (χ1) is 8.58. The number of amides is 1. The molecule has 1 atom stereocenters. The zero-order chi connectivity index (χ0) is 13.1. The highest BCUT2D eigenvalue weighted by Gasteiger charge is 2.20. The summed E-state index contributed by atoms with van der Waals surface area (Å²) >= 11 is 7.60. The van der Waals surface area contributed by atoms with E-state index in [1.54, 1.807) is 17.4 Å². The predicted octanol–water partition coefficient (Wildman–Crippen LogP) is 3.35. The van der Waals surface area contributed by atoms with Crippen LogP contribution < -0.4 is 11.1 Å². The Bertz CT molecular complexity index is 568. The Morgan fingerprint density at radius 1 is 1.33 bits per heavy atom. The number of primary amides is 1. The zero-order valence-corrected chi connectivity index (χ0v) is 11.4. The highest BCUT2D eigenvalue weighted by molar-refractivity contribution is 7.12. The summed E-state index contributed by atoms with van der Waals surface area (Å²) in [5, 5.41) is 3.65. The number of halogens is 1. The molecule has 0 saturated heterocycles. The van der Waals surface area contributed by atoms with E-state index >= 15 is 0 Å². The standard InChI is InChI=1S/C13H13ClN2OS/c1-8-6-7-11(18-8)12(13(15)17)16-10-5-3-2-4-9(10)14/h2-7,12,16H,1H3,(H2,15,17). The van der Waals surface area contributed by atoms with Gasteiger partial charge in [0.2, 0.25) is 5.91 Å². The van der Waals surface area contributed by atoms with Crippen LogP contribution in [0.2, 0.25) is 5.02 Å². The van der Waals surface area contributed by atoms with Gasteiger partial charge in [-0.05, 0) is 31.2 Å². The van der Waals surface area contributed by atoms with E-state index in [9.17, 15) is 4.79 Å². The van der Waals surface area contributed by atoms with Gasteiger partial charge in [0.15, 0.2) is 0 Å². The summed E-state index contributed by atoms with van der Waals surface area (Å²) in [5.41, 5.74) is 6.14. The second-order valence-electron chi connectivity index (χ2n) is 3.91. The van der Waals surface area contributed by atoms with Gasteiger partial charge in [0.05, 0.1) is 10.7 Å². The fraction of sp³-hybridized carbons (Fsp3) is 0.154. The minimum absolute atomic E-state index is 0.420. The SMILES string of the molecule is Cc1ccc(C(Nc2ccccc2Cl)C(N)=O)s1. The Hall–Kier alpha value is -1.52. The molecule has 5 heteroatoms. The lowest BCUT2D eigenvalue weighted by Crippen LogP contribution is -2.27. The number of para-hydroxylation sites is 1. The molecule has 0 radical (unpaired) electrons. The van der Waals surface area contributed by atoms with Crippen LogP contribution in [-0.4, -0.2) is 5.91 Å². The number of anilines is 1. The van der Waals surface area contributed by atoms with Crippen molar-refractivity contribution in [2.45, 2.75) is 13.0 Å². The predicted molar refractivity (Wildman–Crippen MR) is 76.1 cm³/mol. The molecule has 2 rings (SSSR count). The van der Waals surface area contributed by atoms with Gasteiger partial charge < -0.3 is 11.1 Å². The molecule has 0 aliphatic carbocycles. The molecule has 1 aromatic heterocycles. The van der Waals surface area contributed by atoms with Crippen LogP contribution in [0, 0.1) is 6.92 Å². The number of carbonyl (C=O) groups excluding carboxylic acids is 1. The largest absolute Gasteiger partial charge is 0.368 e. The Labute approximate surface area is 115 Å². The van der Waals surface area contributed by atoms with Crippen molar-refractivity contribution in [1.29, 1.82) is 0 Å². The average Bonchev–Trinajstić information content (AvgIpc) is 2.74. The number of hydrogen-bond donors (Lipinski definition) is 2. The second kappa shape index (κ2) is 5.42. The number of carbonyl (C=O) groups is 1. The van der Waals surface area contributed by atoms with Crippen molar-refractivity contribution >= 4 is 34.5 Å². The lowest BCUT2D eigenvalue weighted by Gasteiger charge is -2.16. The lowest BCUT2D eigenvalue weighted by atomic mass is 10.2. The third-order valence-corrected chi connectivity index (χ3v) is 3.90. The molecular formula is C13H13ClN2OS. The van der Waals surface area contributed by atoms with Crippen molar-refractivity contribution in [3.05, 3.63) is 51.2 Å². The highest BCUT2D eigenvalue weighted by Crippen LogP contribution is 2.29. The molecule has 0 spiro atoms. The fourth-order valence-corrected chi connectivity index (χ4v) is 2.75. The van der Waals surface area contributed by atoms with E-state index in [-0.39, 0.29) is 0 Å². The molecule has 2 aromatic rings. The quantitative estimate of drug-likeness (QED) is 0.902. The normalized spacial score (nSPS) is 12.1. The van der Waals surface area contributed by atoms with Gasteiger partial charge in [-0.2, -0.15) is 0 Å². The van der Waals surface area contributed by atoms with Gasteiger partial charge in [-0.3, -0.25) is 4.79 Å². The molecule has 1 unspecified atom stereocenters. The van der Waals surface area contributed by atoms with Gasteiger partial charge in [-0.15, -0.1) is 11.3 Å². The minimum Gasteiger partial charge on any atom is -0.368 e. The molecule has 0 aliphatic heterocycles. The number of hydrogen-bond acceptors (Lipinski definition) is 3. The van der Waals surface area contributed by atoms with Crippen molar-refractivity contribution in [3.8, 4) is 0 Å². The molecule has 1 heterocycles. The van der Waals surface area contributed by atoms with E-state index in [1.807, 2.05) is 37.3 Å². The van der Waals surface area contributed by atoms with Crippen molar-refractivity contribution < 1.29 is 4.79 Å². The molecule has 0 bridgehead atoms. The monoisotopic (exact) mass is 280 g/mol. The summed E-state index contributed by atoms with van der Waals surface area (Å²) in [4.78, 5) is 13.6. The summed E-state index contributed by atoms with van der Waals surface area (Å²) in [7, 11) is 0. The second-order valence-corrected chi connectivity index (χ2v) is 5.63. The van der Waals surface area contributed by atoms with Crippen molar-refractivity contribution in [2.75, 3.05) is 5.32 Å². The van der Waals surface area contributed by atoms with Crippen LogP contribution in [-0.2, 0) is 4.79 Å². The summed E-state index contributed by atoms with van der Waals surface area (Å²) in [6.07, 6.45) is 0. The number of nitrogens with one attached hydrogen (secondary N) is 1.